The molecule has 2 nitrogen and oxygen atoms in total. The highest BCUT2D eigenvalue weighted by atomic mass is 32.2. The Morgan fingerprint density at radius 3 is 2.43 bits per heavy atom. The fourth-order valence-corrected chi connectivity index (χ4v) is 3.88. The van der Waals surface area contributed by atoms with E-state index in [0.29, 0.717) is 6.42 Å². The molecule has 3 N–H and O–H groups in total. The smallest absolute Gasteiger partial charge is 0.123 e. The van der Waals surface area contributed by atoms with E-state index in [-0.39, 0.29) is 11.2 Å². The van der Waals surface area contributed by atoms with Gasteiger partial charge in [0.25, 0.3) is 0 Å². The van der Waals surface area contributed by atoms with Crippen molar-refractivity contribution in [2.45, 2.75) is 37.5 Å². The second-order valence-corrected chi connectivity index (χ2v) is 9.82. The molecule has 1 unspecified atom stereocenters. The summed E-state index contributed by atoms with van der Waals surface area (Å²) >= 11 is 0. The van der Waals surface area contributed by atoms with Crippen LogP contribution in [0.1, 0.15) is 43.0 Å². The van der Waals surface area contributed by atoms with Gasteiger partial charge in [0.1, 0.15) is 5.82 Å². The van der Waals surface area contributed by atoms with E-state index < -0.39 is 10.7 Å². The molecule has 1 atom stereocenters. The second kappa shape index (κ2) is 8.99. The molecule has 0 spiro atoms. The number of benzene rings is 3. The zero-order chi connectivity index (χ0) is 21.9. The molecule has 3 aromatic carbocycles. The highest BCUT2D eigenvalue weighted by Gasteiger charge is 2.17. The first-order chi connectivity index (χ1) is 14.1. The van der Waals surface area contributed by atoms with Crippen LogP contribution in [-0.4, -0.2) is 5.87 Å². The largest absolute Gasteiger partial charge is 0.355 e. The fourth-order valence-electron chi connectivity index (χ4n) is 3.35. The van der Waals surface area contributed by atoms with Gasteiger partial charge in [-0.3, -0.25) is 5.14 Å². The molecular weight excluding hydrogens is 391 g/mol. The van der Waals surface area contributed by atoms with Crippen LogP contribution >= 0.6 is 10.7 Å². The number of anilines is 1. The normalized spacial score (nSPS) is 12.4. The third-order valence-corrected chi connectivity index (χ3v) is 5.87. The number of nitrogens with two attached hydrogens (primary N) is 1. The lowest BCUT2D eigenvalue weighted by molar-refractivity contribution is 0.589. The molecule has 0 amide bonds. The van der Waals surface area contributed by atoms with Gasteiger partial charge in [-0.15, -0.1) is 0 Å². The predicted molar refractivity (Wildman–Crippen MR) is 131 cm³/mol. The van der Waals surface area contributed by atoms with Crippen LogP contribution in [0.25, 0.3) is 5.70 Å². The van der Waals surface area contributed by atoms with Gasteiger partial charge in [0.2, 0.25) is 0 Å². The van der Waals surface area contributed by atoms with Crippen LogP contribution < -0.4 is 10.5 Å². The lowest BCUT2D eigenvalue weighted by atomic mass is 9.84. The lowest BCUT2D eigenvalue weighted by Gasteiger charge is -2.23. The summed E-state index contributed by atoms with van der Waals surface area (Å²) in [6.45, 7) is 10.8. The van der Waals surface area contributed by atoms with Crippen LogP contribution in [0.3, 0.4) is 0 Å². The van der Waals surface area contributed by atoms with E-state index in [2.05, 4.69) is 56.7 Å². The minimum absolute atomic E-state index is 0.0174. The van der Waals surface area contributed by atoms with Crippen molar-refractivity contribution >= 4 is 27.9 Å². The molecule has 3 rings (SSSR count). The molecule has 3 aromatic rings. The highest BCUT2D eigenvalue weighted by molar-refractivity contribution is 8.12. The molecule has 0 radical (unpaired) electrons. The highest BCUT2D eigenvalue weighted by Crippen LogP contribution is 2.30. The third-order valence-electron chi connectivity index (χ3n) is 5.01. The van der Waals surface area contributed by atoms with Gasteiger partial charge in [-0.25, -0.2) is 4.39 Å². The molecule has 0 heterocycles. The van der Waals surface area contributed by atoms with Gasteiger partial charge in [0, 0.05) is 21.8 Å². The Kier molecular flexibility index (Phi) is 6.59. The molecule has 0 aromatic heterocycles. The topological polar surface area (TPSA) is 38.0 Å². The van der Waals surface area contributed by atoms with E-state index in [1.807, 2.05) is 30.3 Å². The molecule has 0 saturated carbocycles. The fraction of sp³-hybridized carbons (Fsp3) is 0.192. The van der Waals surface area contributed by atoms with Crippen molar-refractivity contribution in [2.75, 3.05) is 5.32 Å². The number of hydrogen-bond acceptors (Lipinski definition) is 2. The van der Waals surface area contributed by atoms with Gasteiger partial charge in [-0.1, -0.05) is 80.3 Å². The van der Waals surface area contributed by atoms with Crippen molar-refractivity contribution < 1.29 is 4.39 Å². The van der Waals surface area contributed by atoms with E-state index in [1.54, 1.807) is 12.1 Å². The van der Waals surface area contributed by atoms with E-state index >= 15 is 0 Å². The van der Waals surface area contributed by atoms with Crippen LogP contribution in [0, 0.1) is 5.82 Å². The van der Waals surface area contributed by atoms with Gasteiger partial charge in [0.05, 0.1) is 0 Å². The first kappa shape index (κ1) is 22.0. The number of nitrogens with one attached hydrogen (secondary N) is 1. The summed E-state index contributed by atoms with van der Waals surface area (Å²) in [4.78, 5) is 0.982. The molecule has 0 aliphatic rings. The summed E-state index contributed by atoms with van der Waals surface area (Å²) in [6, 6.07) is 21.1. The van der Waals surface area contributed by atoms with Crippen LogP contribution in [0.15, 0.2) is 78.2 Å². The summed E-state index contributed by atoms with van der Waals surface area (Å²) in [5.41, 5.74) is 6.01. The summed E-state index contributed by atoms with van der Waals surface area (Å²) in [7, 11) is -0.550. The Labute approximate surface area is 181 Å². The van der Waals surface area contributed by atoms with Crippen molar-refractivity contribution in [2.24, 2.45) is 5.14 Å². The maximum atomic E-state index is 13.7. The standard InChI is InChI=1S/C26H29FN2S/c1-18(29-23-10-7-11-24(17-23)30(5)28)25-13-12-21(26(2,3)4)16-20(25)14-19-8-6-9-22(27)15-19/h6-13,15-17,29H,1,5,14,28H2,2-4H3. The molecule has 156 valence electrons. The molecule has 0 bridgehead atoms. The Morgan fingerprint density at radius 2 is 1.77 bits per heavy atom. The molecule has 4 heteroatoms. The SMILES string of the molecule is C=C(Nc1cccc(S(=C)N)c1)c1ccc(C(C)(C)C)cc1Cc1cccc(F)c1. The summed E-state index contributed by atoms with van der Waals surface area (Å²) < 4.78 is 13.7. The lowest BCUT2D eigenvalue weighted by Crippen LogP contribution is -2.13. The minimum Gasteiger partial charge on any atom is -0.355 e. The van der Waals surface area contributed by atoms with E-state index in [9.17, 15) is 4.39 Å². The van der Waals surface area contributed by atoms with Crippen molar-refractivity contribution in [3.05, 3.63) is 101 Å². The maximum absolute atomic E-state index is 13.7. The van der Waals surface area contributed by atoms with Gasteiger partial charge in [-0.2, -0.15) is 0 Å². The van der Waals surface area contributed by atoms with Crippen LogP contribution in [-0.2, 0) is 11.8 Å². The Balaban J connectivity index is 1.97. The minimum atomic E-state index is -0.550. The van der Waals surface area contributed by atoms with Gasteiger partial charge < -0.3 is 5.32 Å². The van der Waals surface area contributed by atoms with Crippen LogP contribution in [0.4, 0.5) is 10.1 Å². The monoisotopic (exact) mass is 420 g/mol. The molecule has 0 aliphatic heterocycles. The third kappa shape index (κ3) is 5.47. The molecular formula is C26H29FN2S. The van der Waals surface area contributed by atoms with E-state index in [1.165, 1.54) is 11.6 Å². The summed E-state index contributed by atoms with van der Waals surface area (Å²) in [5.74, 6) is 3.69. The molecule has 0 aliphatic carbocycles. The van der Waals surface area contributed by atoms with Crippen LogP contribution in [0.2, 0.25) is 0 Å². The Morgan fingerprint density at radius 1 is 1.03 bits per heavy atom. The zero-order valence-corrected chi connectivity index (χ0v) is 18.7. The summed E-state index contributed by atoms with van der Waals surface area (Å²) in [5, 5.41) is 9.34. The van der Waals surface area contributed by atoms with E-state index in [4.69, 9.17) is 5.14 Å². The summed E-state index contributed by atoms with van der Waals surface area (Å²) in [6.07, 6.45) is 0.628. The van der Waals surface area contributed by atoms with Gasteiger partial charge in [0.15, 0.2) is 0 Å². The van der Waals surface area contributed by atoms with Crippen LogP contribution in [0.5, 0.6) is 0 Å². The van der Waals surface area contributed by atoms with Crippen molar-refractivity contribution in [1.82, 2.24) is 0 Å². The number of halogens is 1. The first-order valence-electron chi connectivity index (χ1n) is 9.86. The van der Waals surface area contributed by atoms with Crippen molar-refractivity contribution in [3.63, 3.8) is 0 Å². The average Bonchev–Trinajstić information content (AvgIpc) is 2.67. The van der Waals surface area contributed by atoms with Gasteiger partial charge >= 0.3 is 0 Å². The van der Waals surface area contributed by atoms with Gasteiger partial charge in [-0.05, 0) is 58.9 Å². The second-order valence-electron chi connectivity index (χ2n) is 8.49. The Bertz CT molecular complexity index is 1100. The van der Waals surface area contributed by atoms with Crippen molar-refractivity contribution in [3.8, 4) is 0 Å². The molecule has 0 saturated heterocycles. The number of rotatable bonds is 6. The first-order valence-corrected chi connectivity index (χ1v) is 11.3. The predicted octanol–water partition coefficient (Wildman–Crippen LogP) is 6.73. The maximum Gasteiger partial charge on any atom is 0.123 e. The number of hydrogen-bond donors (Lipinski definition) is 2. The van der Waals surface area contributed by atoms with E-state index in [0.717, 1.165) is 33.0 Å². The molecule has 0 fully saturated rings. The Hall–Kier alpha value is -2.69. The zero-order valence-electron chi connectivity index (χ0n) is 17.8. The quantitative estimate of drug-likeness (QED) is 0.434. The average molecular weight is 421 g/mol. The van der Waals surface area contributed by atoms with Crippen molar-refractivity contribution in [1.29, 1.82) is 0 Å². The molecule has 30 heavy (non-hydrogen) atoms.